The van der Waals surface area contributed by atoms with Gasteiger partial charge in [-0.1, -0.05) is 35.9 Å². The van der Waals surface area contributed by atoms with Crippen LogP contribution in [0.4, 0.5) is 0 Å². The molecule has 5 heteroatoms. The molecule has 3 rings (SSSR count). The highest BCUT2D eigenvalue weighted by atomic mass is 16.5. The van der Waals surface area contributed by atoms with E-state index in [1.165, 1.54) is 11.1 Å². The molecule has 1 aliphatic heterocycles. The summed E-state index contributed by atoms with van der Waals surface area (Å²) in [5.74, 6) is 0.622. The number of rotatable bonds is 6. The van der Waals surface area contributed by atoms with E-state index >= 15 is 0 Å². The van der Waals surface area contributed by atoms with Crippen LogP contribution in [0.2, 0.25) is 0 Å². The standard InChI is InChI=1S/C22H29N3O2/c1-17-7-9-18(10-8-17)21(25-13-11-24(2)12-14-25)16-23-22(26)19-5-4-6-20(15-19)27-3/h4-10,15,21H,11-14,16H2,1-3H3,(H,23,26)/t21-/m1/s1. The van der Waals surface area contributed by atoms with Crippen molar-refractivity contribution in [3.8, 4) is 5.75 Å². The van der Waals surface area contributed by atoms with Crippen LogP contribution in [0.3, 0.4) is 0 Å². The smallest absolute Gasteiger partial charge is 0.251 e. The van der Waals surface area contributed by atoms with Crippen molar-refractivity contribution < 1.29 is 9.53 Å². The second kappa shape index (κ2) is 9.02. The molecule has 2 aromatic carbocycles. The van der Waals surface area contributed by atoms with Crippen molar-refractivity contribution in [2.24, 2.45) is 0 Å². The first kappa shape index (κ1) is 19.4. The van der Waals surface area contributed by atoms with Crippen LogP contribution in [0, 0.1) is 6.92 Å². The van der Waals surface area contributed by atoms with E-state index < -0.39 is 0 Å². The van der Waals surface area contributed by atoms with Gasteiger partial charge in [-0.15, -0.1) is 0 Å². The lowest BCUT2D eigenvalue weighted by molar-refractivity contribution is 0.0886. The van der Waals surface area contributed by atoms with Gasteiger partial charge in [0.25, 0.3) is 5.91 Å². The molecule has 144 valence electrons. The summed E-state index contributed by atoms with van der Waals surface area (Å²) in [5, 5.41) is 3.12. The summed E-state index contributed by atoms with van der Waals surface area (Å²) in [6.07, 6.45) is 0. The molecule has 1 aliphatic rings. The van der Waals surface area contributed by atoms with Crippen molar-refractivity contribution in [3.63, 3.8) is 0 Å². The summed E-state index contributed by atoms with van der Waals surface area (Å²) in [5.41, 5.74) is 3.11. The van der Waals surface area contributed by atoms with Crippen LogP contribution >= 0.6 is 0 Å². The summed E-state index contributed by atoms with van der Waals surface area (Å²) < 4.78 is 5.22. The first-order valence-electron chi connectivity index (χ1n) is 9.48. The Morgan fingerprint density at radius 2 is 1.81 bits per heavy atom. The zero-order valence-corrected chi connectivity index (χ0v) is 16.4. The minimum Gasteiger partial charge on any atom is -0.497 e. The van der Waals surface area contributed by atoms with Crippen LogP contribution < -0.4 is 10.1 Å². The molecule has 0 radical (unpaired) electrons. The van der Waals surface area contributed by atoms with Gasteiger partial charge in [0.1, 0.15) is 5.75 Å². The van der Waals surface area contributed by atoms with Crippen molar-refractivity contribution in [1.29, 1.82) is 0 Å². The number of piperazine rings is 1. The van der Waals surface area contributed by atoms with E-state index in [1.807, 2.05) is 18.2 Å². The monoisotopic (exact) mass is 367 g/mol. The van der Waals surface area contributed by atoms with Crippen molar-refractivity contribution in [3.05, 3.63) is 65.2 Å². The predicted octanol–water partition coefficient (Wildman–Crippen LogP) is 2.72. The van der Waals surface area contributed by atoms with Gasteiger partial charge in [0.05, 0.1) is 13.2 Å². The number of aryl methyl sites for hydroxylation is 1. The van der Waals surface area contributed by atoms with E-state index in [2.05, 4.69) is 53.4 Å². The number of methoxy groups -OCH3 is 1. The maximum Gasteiger partial charge on any atom is 0.251 e. The third kappa shape index (κ3) is 5.08. The number of amides is 1. The Labute approximate surface area is 161 Å². The topological polar surface area (TPSA) is 44.8 Å². The molecule has 1 heterocycles. The molecule has 0 aromatic heterocycles. The number of hydrogen-bond acceptors (Lipinski definition) is 4. The zero-order valence-electron chi connectivity index (χ0n) is 16.4. The van der Waals surface area contributed by atoms with Gasteiger partial charge in [0.2, 0.25) is 0 Å². The van der Waals surface area contributed by atoms with E-state index in [0.717, 1.165) is 26.2 Å². The fourth-order valence-corrected chi connectivity index (χ4v) is 3.44. The number of nitrogens with one attached hydrogen (secondary N) is 1. The summed E-state index contributed by atoms with van der Waals surface area (Å²) in [4.78, 5) is 17.5. The first-order chi connectivity index (χ1) is 13.1. The maximum atomic E-state index is 12.6. The number of carbonyl (C=O) groups is 1. The van der Waals surface area contributed by atoms with E-state index in [-0.39, 0.29) is 11.9 Å². The van der Waals surface area contributed by atoms with Crippen molar-refractivity contribution in [2.45, 2.75) is 13.0 Å². The van der Waals surface area contributed by atoms with Crippen LogP contribution in [0.1, 0.15) is 27.5 Å². The van der Waals surface area contributed by atoms with Crippen LogP contribution in [0.15, 0.2) is 48.5 Å². The first-order valence-corrected chi connectivity index (χ1v) is 9.48. The molecule has 5 nitrogen and oxygen atoms in total. The Kier molecular flexibility index (Phi) is 6.48. The summed E-state index contributed by atoms with van der Waals surface area (Å²) >= 11 is 0. The molecule has 1 atom stereocenters. The van der Waals surface area contributed by atoms with Gasteiger partial charge in [0, 0.05) is 38.3 Å². The summed E-state index contributed by atoms with van der Waals surface area (Å²) in [6.45, 7) is 6.79. The SMILES string of the molecule is COc1cccc(C(=O)NC[C@H](c2ccc(C)cc2)N2CCN(C)CC2)c1. The van der Waals surface area contributed by atoms with E-state index in [4.69, 9.17) is 4.74 Å². The average molecular weight is 367 g/mol. The van der Waals surface area contributed by atoms with Gasteiger partial charge in [-0.05, 0) is 37.7 Å². The molecule has 0 spiro atoms. The summed E-state index contributed by atoms with van der Waals surface area (Å²) in [6, 6.07) is 16.1. The van der Waals surface area contributed by atoms with Crippen molar-refractivity contribution >= 4 is 5.91 Å². The lowest BCUT2D eigenvalue weighted by Gasteiger charge is -2.38. The van der Waals surface area contributed by atoms with E-state index in [0.29, 0.717) is 17.9 Å². The Morgan fingerprint density at radius 3 is 2.48 bits per heavy atom. The van der Waals surface area contributed by atoms with Crippen LogP contribution in [0.25, 0.3) is 0 Å². The Morgan fingerprint density at radius 1 is 1.11 bits per heavy atom. The molecular weight excluding hydrogens is 338 g/mol. The Bertz CT molecular complexity index is 752. The molecule has 1 amide bonds. The fourth-order valence-electron chi connectivity index (χ4n) is 3.44. The number of ether oxygens (including phenoxy) is 1. The van der Waals surface area contributed by atoms with Gasteiger partial charge in [-0.25, -0.2) is 0 Å². The minimum absolute atomic E-state index is 0.0693. The molecule has 1 saturated heterocycles. The highest BCUT2D eigenvalue weighted by Crippen LogP contribution is 2.22. The van der Waals surface area contributed by atoms with E-state index in [9.17, 15) is 4.79 Å². The normalized spacial score (nSPS) is 16.7. The molecule has 0 bridgehead atoms. The van der Waals surface area contributed by atoms with Crippen LogP contribution in [0.5, 0.6) is 5.75 Å². The van der Waals surface area contributed by atoms with E-state index in [1.54, 1.807) is 13.2 Å². The number of nitrogens with zero attached hydrogens (tertiary/aromatic N) is 2. The second-order valence-electron chi connectivity index (χ2n) is 7.21. The van der Waals surface area contributed by atoms with Gasteiger partial charge in [-0.2, -0.15) is 0 Å². The molecule has 0 saturated carbocycles. The van der Waals surface area contributed by atoms with Crippen molar-refractivity contribution in [2.75, 3.05) is 46.9 Å². The maximum absolute atomic E-state index is 12.6. The van der Waals surface area contributed by atoms with Crippen molar-refractivity contribution in [1.82, 2.24) is 15.1 Å². The molecule has 2 aromatic rings. The lowest BCUT2D eigenvalue weighted by Crippen LogP contribution is -2.48. The largest absolute Gasteiger partial charge is 0.497 e. The third-order valence-electron chi connectivity index (χ3n) is 5.23. The Balaban J connectivity index is 1.72. The van der Waals surface area contributed by atoms with Crippen LogP contribution in [-0.4, -0.2) is 62.6 Å². The van der Waals surface area contributed by atoms with Gasteiger partial charge >= 0.3 is 0 Å². The molecule has 0 unspecified atom stereocenters. The average Bonchev–Trinajstić information content (AvgIpc) is 2.70. The number of likely N-dealkylation sites (N-methyl/N-ethyl adjacent to an activating group) is 1. The zero-order chi connectivity index (χ0) is 19.2. The molecule has 1 N–H and O–H groups in total. The number of hydrogen-bond donors (Lipinski definition) is 1. The minimum atomic E-state index is -0.0693. The fraction of sp³-hybridized carbons (Fsp3) is 0.409. The second-order valence-corrected chi connectivity index (χ2v) is 7.21. The molecule has 27 heavy (non-hydrogen) atoms. The van der Waals surface area contributed by atoms with Crippen LogP contribution in [-0.2, 0) is 0 Å². The molecule has 1 fully saturated rings. The number of carbonyl (C=O) groups excluding carboxylic acids is 1. The lowest BCUT2D eigenvalue weighted by atomic mass is 10.0. The third-order valence-corrected chi connectivity index (χ3v) is 5.23. The molecular formula is C22H29N3O2. The highest BCUT2D eigenvalue weighted by molar-refractivity contribution is 5.94. The van der Waals surface area contributed by atoms with Gasteiger partial charge in [0.15, 0.2) is 0 Å². The number of benzene rings is 2. The molecule has 0 aliphatic carbocycles. The van der Waals surface area contributed by atoms with Gasteiger partial charge in [-0.3, -0.25) is 9.69 Å². The highest BCUT2D eigenvalue weighted by Gasteiger charge is 2.24. The predicted molar refractivity (Wildman–Crippen MR) is 108 cm³/mol. The summed E-state index contributed by atoms with van der Waals surface area (Å²) in [7, 11) is 3.76. The Hall–Kier alpha value is -2.37. The van der Waals surface area contributed by atoms with Gasteiger partial charge < -0.3 is 15.0 Å². The quantitative estimate of drug-likeness (QED) is 0.853.